The Kier molecular flexibility index (Phi) is 5.65. The van der Waals surface area contributed by atoms with Crippen LogP contribution in [0, 0.1) is 5.92 Å². The Morgan fingerprint density at radius 2 is 2.16 bits per heavy atom. The quantitative estimate of drug-likeness (QED) is 0.656. The first kappa shape index (κ1) is 17.4. The summed E-state index contributed by atoms with van der Waals surface area (Å²) in [5, 5.41) is 6.04. The SMILES string of the molecule is CC(=O)Oc1ccc(C(=O)NCC2CCCN(c3nccs3)C2)cc1. The highest BCUT2D eigenvalue weighted by molar-refractivity contribution is 7.13. The van der Waals surface area contributed by atoms with Crippen LogP contribution >= 0.6 is 11.3 Å². The molecule has 0 bridgehead atoms. The van der Waals surface area contributed by atoms with Gasteiger partial charge in [0.1, 0.15) is 5.75 Å². The Labute approximate surface area is 150 Å². The Bertz CT molecular complexity index is 716. The highest BCUT2D eigenvalue weighted by atomic mass is 32.1. The molecule has 0 aliphatic carbocycles. The van der Waals surface area contributed by atoms with Gasteiger partial charge >= 0.3 is 5.97 Å². The van der Waals surface area contributed by atoms with E-state index in [1.54, 1.807) is 35.6 Å². The molecule has 25 heavy (non-hydrogen) atoms. The summed E-state index contributed by atoms with van der Waals surface area (Å²) in [7, 11) is 0. The molecule has 3 rings (SSSR count). The molecule has 1 fully saturated rings. The molecule has 1 saturated heterocycles. The van der Waals surface area contributed by atoms with Crippen LogP contribution in [-0.4, -0.2) is 36.5 Å². The highest BCUT2D eigenvalue weighted by Gasteiger charge is 2.22. The molecule has 2 aromatic rings. The zero-order valence-electron chi connectivity index (χ0n) is 14.1. The molecule has 1 N–H and O–H groups in total. The number of benzene rings is 1. The average molecular weight is 359 g/mol. The van der Waals surface area contributed by atoms with Gasteiger partial charge in [-0.15, -0.1) is 11.3 Å². The van der Waals surface area contributed by atoms with Crippen LogP contribution in [0.2, 0.25) is 0 Å². The lowest BCUT2D eigenvalue weighted by Crippen LogP contribution is -2.41. The highest BCUT2D eigenvalue weighted by Crippen LogP contribution is 2.24. The maximum absolute atomic E-state index is 12.3. The van der Waals surface area contributed by atoms with E-state index in [4.69, 9.17) is 4.74 Å². The van der Waals surface area contributed by atoms with E-state index in [0.717, 1.165) is 31.1 Å². The monoisotopic (exact) mass is 359 g/mol. The number of nitrogens with one attached hydrogen (secondary N) is 1. The van der Waals surface area contributed by atoms with Crippen molar-refractivity contribution in [2.24, 2.45) is 5.92 Å². The molecule has 132 valence electrons. The number of rotatable bonds is 5. The molecule has 0 radical (unpaired) electrons. The summed E-state index contributed by atoms with van der Waals surface area (Å²) in [5.41, 5.74) is 0.559. The Morgan fingerprint density at radius 3 is 2.84 bits per heavy atom. The van der Waals surface area contributed by atoms with Crippen LogP contribution < -0.4 is 15.0 Å². The largest absolute Gasteiger partial charge is 0.427 e. The standard InChI is InChI=1S/C18H21N3O3S/c1-13(22)24-16-6-4-15(5-7-16)17(23)20-11-14-3-2-9-21(12-14)18-19-8-10-25-18/h4-8,10,14H,2-3,9,11-12H2,1H3,(H,20,23). The fourth-order valence-electron chi connectivity index (χ4n) is 2.96. The van der Waals surface area contributed by atoms with Gasteiger partial charge in [0.25, 0.3) is 5.91 Å². The second-order valence-corrected chi connectivity index (χ2v) is 6.97. The smallest absolute Gasteiger partial charge is 0.308 e. The second kappa shape index (κ2) is 8.11. The molecule has 0 spiro atoms. The first-order chi connectivity index (χ1) is 12.1. The summed E-state index contributed by atoms with van der Waals surface area (Å²) >= 11 is 1.65. The van der Waals surface area contributed by atoms with E-state index >= 15 is 0 Å². The van der Waals surface area contributed by atoms with Gasteiger partial charge in [-0.3, -0.25) is 9.59 Å². The number of anilines is 1. The van der Waals surface area contributed by atoms with Crippen molar-refractivity contribution in [2.75, 3.05) is 24.5 Å². The third-order valence-corrected chi connectivity index (χ3v) is 4.97. The van der Waals surface area contributed by atoms with Crippen molar-refractivity contribution in [1.29, 1.82) is 0 Å². The lowest BCUT2D eigenvalue weighted by atomic mass is 9.98. The topological polar surface area (TPSA) is 71.5 Å². The average Bonchev–Trinajstić information content (AvgIpc) is 3.15. The lowest BCUT2D eigenvalue weighted by molar-refractivity contribution is -0.131. The molecule has 6 nitrogen and oxygen atoms in total. The van der Waals surface area contributed by atoms with Crippen LogP contribution in [0.25, 0.3) is 0 Å². The van der Waals surface area contributed by atoms with Gasteiger partial charge < -0.3 is 15.0 Å². The Balaban J connectivity index is 1.50. The number of hydrogen-bond acceptors (Lipinski definition) is 6. The number of piperidine rings is 1. The van der Waals surface area contributed by atoms with Crippen molar-refractivity contribution in [3.05, 3.63) is 41.4 Å². The van der Waals surface area contributed by atoms with E-state index in [1.807, 2.05) is 11.6 Å². The lowest BCUT2D eigenvalue weighted by Gasteiger charge is -2.32. The van der Waals surface area contributed by atoms with Gasteiger partial charge in [-0.05, 0) is 43.0 Å². The van der Waals surface area contributed by atoms with Crippen LogP contribution in [0.3, 0.4) is 0 Å². The molecular weight excluding hydrogens is 338 g/mol. The zero-order chi connectivity index (χ0) is 17.6. The summed E-state index contributed by atoms with van der Waals surface area (Å²) in [6.07, 6.45) is 4.04. The maximum Gasteiger partial charge on any atom is 0.308 e. The Hall–Kier alpha value is -2.41. The zero-order valence-corrected chi connectivity index (χ0v) is 14.9. The minimum absolute atomic E-state index is 0.110. The molecule has 1 atom stereocenters. The molecule has 2 heterocycles. The third-order valence-electron chi connectivity index (χ3n) is 4.14. The summed E-state index contributed by atoms with van der Waals surface area (Å²) in [6.45, 7) is 3.93. The van der Waals surface area contributed by atoms with E-state index in [2.05, 4.69) is 15.2 Å². The van der Waals surface area contributed by atoms with Gasteiger partial charge in [-0.1, -0.05) is 0 Å². The first-order valence-corrected chi connectivity index (χ1v) is 9.21. The molecule has 1 aromatic carbocycles. The summed E-state index contributed by atoms with van der Waals surface area (Å²) in [5.74, 6) is 0.373. The van der Waals surface area contributed by atoms with Crippen molar-refractivity contribution in [3.63, 3.8) is 0 Å². The number of ether oxygens (including phenoxy) is 1. The Morgan fingerprint density at radius 1 is 1.36 bits per heavy atom. The van der Waals surface area contributed by atoms with Crippen molar-refractivity contribution < 1.29 is 14.3 Å². The van der Waals surface area contributed by atoms with Gasteiger partial charge in [0, 0.05) is 43.7 Å². The first-order valence-electron chi connectivity index (χ1n) is 8.33. The molecule has 7 heteroatoms. The third kappa shape index (κ3) is 4.79. The van der Waals surface area contributed by atoms with Crippen LogP contribution in [0.5, 0.6) is 5.75 Å². The number of nitrogens with zero attached hydrogens (tertiary/aromatic N) is 2. The van der Waals surface area contributed by atoms with Crippen LogP contribution in [0.15, 0.2) is 35.8 Å². The van der Waals surface area contributed by atoms with E-state index < -0.39 is 0 Å². The van der Waals surface area contributed by atoms with Crippen LogP contribution in [0.1, 0.15) is 30.1 Å². The van der Waals surface area contributed by atoms with Gasteiger partial charge in [0.15, 0.2) is 5.13 Å². The molecule has 1 aliphatic rings. The molecule has 1 aromatic heterocycles. The van der Waals surface area contributed by atoms with Gasteiger partial charge in [-0.25, -0.2) is 4.98 Å². The van der Waals surface area contributed by atoms with Gasteiger partial charge in [-0.2, -0.15) is 0 Å². The number of esters is 1. The van der Waals surface area contributed by atoms with E-state index in [1.165, 1.54) is 6.92 Å². The number of aromatic nitrogens is 1. The van der Waals surface area contributed by atoms with Crippen molar-refractivity contribution in [3.8, 4) is 5.75 Å². The van der Waals surface area contributed by atoms with Gasteiger partial charge in [0.05, 0.1) is 0 Å². The molecule has 0 saturated carbocycles. The predicted octanol–water partition coefficient (Wildman–Crippen LogP) is 2.71. The summed E-state index contributed by atoms with van der Waals surface area (Å²) in [4.78, 5) is 29.9. The fourth-order valence-corrected chi connectivity index (χ4v) is 3.64. The van der Waals surface area contributed by atoms with E-state index in [-0.39, 0.29) is 11.9 Å². The van der Waals surface area contributed by atoms with Crippen molar-refractivity contribution in [1.82, 2.24) is 10.3 Å². The van der Waals surface area contributed by atoms with Crippen molar-refractivity contribution in [2.45, 2.75) is 19.8 Å². The minimum Gasteiger partial charge on any atom is -0.427 e. The predicted molar refractivity (Wildman–Crippen MR) is 97.1 cm³/mol. The maximum atomic E-state index is 12.3. The number of thiazole rings is 1. The number of hydrogen-bond donors (Lipinski definition) is 1. The van der Waals surface area contributed by atoms with E-state index in [0.29, 0.717) is 23.8 Å². The summed E-state index contributed by atoms with van der Waals surface area (Å²) < 4.78 is 4.97. The number of carbonyl (C=O) groups excluding carboxylic acids is 2. The minimum atomic E-state index is -0.376. The van der Waals surface area contributed by atoms with Crippen LogP contribution in [0.4, 0.5) is 5.13 Å². The fraction of sp³-hybridized carbons (Fsp3) is 0.389. The normalized spacial score (nSPS) is 17.2. The summed E-state index contributed by atoms with van der Waals surface area (Å²) in [6, 6.07) is 6.58. The van der Waals surface area contributed by atoms with E-state index in [9.17, 15) is 9.59 Å². The molecular formula is C18H21N3O3S. The number of amides is 1. The van der Waals surface area contributed by atoms with Gasteiger partial charge in [0.2, 0.25) is 0 Å². The second-order valence-electron chi connectivity index (χ2n) is 6.10. The number of carbonyl (C=O) groups is 2. The molecule has 1 unspecified atom stereocenters. The molecule has 1 amide bonds. The molecule has 1 aliphatic heterocycles. The van der Waals surface area contributed by atoms with Crippen molar-refractivity contribution >= 4 is 28.3 Å². The van der Waals surface area contributed by atoms with Crippen LogP contribution in [-0.2, 0) is 4.79 Å².